The van der Waals surface area contributed by atoms with Gasteiger partial charge in [0.25, 0.3) is 5.56 Å². The van der Waals surface area contributed by atoms with Crippen LogP contribution in [0, 0.1) is 5.41 Å². The van der Waals surface area contributed by atoms with Crippen LogP contribution in [-0.4, -0.2) is 23.1 Å². The van der Waals surface area contributed by atoms with Gasteiger partial charge in [0, 0.05) is 18.8 Å². The molecular formula is C15H22N4O. The molecule has 0 saturated heterocycles. The van der Waals surface area contributed by atoms with E-state index in [0.717, 1.165) is 0 Å². The van der Waals surface area contributed by atoms with Crippen LogP contribution >= 0.6 is 0 Å². The molecule has 1 aromatic heterocycles. The molecule has 3 N–H and O–H groups in total. The van der Waals surface area contributed by atoms with Gasteiger partial charge in [-0.1, -0.05) is 20.8 Å². The number of aromatic amines is 1. The molecule has 5 nitrogen and oxygen atoms in total. The summed E-state index contributed by atoms with van der Waals surface area (Å²) in [6.45, 7) is 8.60. The van der Waals surface area contributed by atoms with Gasteiger partial charge in [-0.2, -0.15) is 0 Å². The number of anilines is 2. The summed E-state index contributed by atoms with van der Waals surface area (Å²) in [7, 11) is 1.94. The fourth-order valence-corrected chi connectivity index (χ4v) is 2.08. The van der Waals surface area contributed by atoms with Gasteiger partial charge in [0.1, 0.15) is 0 Å². The van der Waals surface area contributed by atoms with E-state index in [-0.39, 0.29) is 17.0 Å². The summed E-state index contributed by atoms with van der Waals surface area (Å²) < 4.78 is 0. The third-order valence-corrected chi connectivity index (χ3v) is 3.89. The second-order valence-corrected chi connectivity index (χ2v) is 6.32. The van der Waals surface area contributed by atoms with Crippen molar-refractivity contribution < 1.29 is 0 Å². The number of aromatic nitrogens is 2. The van der Waals surface area contributed by atoms with Gasteiger partial charge in [-0.15, -0.1) is 0 Å². The molecule has 2 aromatic rings. The summed E-state index contributed by atoms with van der Waals surface area (Å²) in [6, 6.07) is 5.42. The summed E-state index contributed by atoms with van der Waals surface area (Å²) >= 11 is 0. The zero-order valence-corrected chi connectivity index (χ0v) is 12.7. The fraction of sp³-hybridized carbons (Fsp3) is 0.467. The average Bonchev–Trinajstić information content (AvgIpc) is 2.36. The minimum absolute atomic E-state index is 0.0867. The number of nitrogens with two attached hydrogens (primary N) is 1. The van der Waals surface area contributed by atoms with Crippen LogP contribution in [0.4, 0.5) is 11.6 Å². The Morgan fingerprint density at radius 3 is 2.60 bits per heavy atom. The van der Waals surface area contributed by atoms with E-state index in [0.29, 0.717) is 22.5 Å². The van der Waals surface area contributed by atoms with Crippen molar-refractivity contribution in [3.63, 3.8) is 0 Å². The van der Waals surface area contributed by atoms with Crippen LogP contribution in [0.2, 0.25) is 0 Å². The Balaban J connectivity index is 2.52. The standard InChI is InChI=1S/C15H22N4O/c1-9(15(2,3)4)19(5)14-17-12-7-6-10(16)8-11(12)13(20)18-14/h6-9H,16H2,1-5H3,(H,17,18,20). The van der Waals surface area contributed by atoms with E-state index in [2.05, 4.69) is 37.7 Å². The number of rotatable bonds is 2. The molecule has 1 heterocycles. The van der Waals surface area contributed by atoms with Crippen LogP contribution in [0.1, 0.15) is 27.7 Å². The van der Waals surface area contributed by atoms with E-state index in [9.17, 15) is 4.79 Å². The van der Waals surface area contributed by atoms with E-state index in [1.54, 1.807) is 18.2 Å². The lowest BCUT2D eigenvalue weighted by molar-refractivity contribution is 0.327. The summed E-state index contributed by atoms with van der Waals surface area (Å²) in [4.78, 5) is 21.5. The van der Waals surface area contributed by atoms with Gasteiger partial charge in [0.2, 0.25) is 5.95 Å². The lowest BCUT2D eigenvalue weighted by Gasteiger charge is -2.35. The fourth-order valence-electron chi connectivity index (χ4n) is 2.08. The van der Waals surface area contributed by atoms with Crippen molar-refractivity contribution in [1.82, 2.24) is 9.97 Å². The first-order valence-corrected chi connectivity index (χ1v) is 6.72. The maximum atomic E-state index is 12.2. The van der Waals surface area contributed by atoms with Gasteiger partial charge in [0.15, 0.2) is 0 Å². The van der Waals surface area contributed by atoms with Crippen LogP contribution in [0.15, 0.2) is 23.0 Å². The van der Waals surface area contributed by atoms with Crippen molar-refractivity contribution in [2.75, 3.05) is 17.7 Å². The van der Waals surface area contributed by atoms with Crippen molar-refractivity contribution in [2.24, 2.45) is 5.41 Å². The van der Waals surface area contributed by atoms with Gasteiger partial charge >= 0.3 is 0 Å². The molecular weight excluding hydrogens is 252 g/mol. The minimum Gasteiger partial charge on any atom is -0.399 e. The molecule has 0 fully saturated rings. The maximum Gasteiger partial charge on any atom is 0.260 e. The second kappa shape index (κ2) is 4.81. The Labute approximate surface area is 118 Å². The third-order valence-electron chi connectivity index (χ3n) is 3.89. The number of nitrogens with zero attached hydrogens (tertiary/aromatic N) is 2. The number of benzene rings is 1. The molecule has 108 valence electrons. The predicted octanol–water partition coefficient (Wildman–Crippen LogP) is 2.38. The van der Waals surface area contributed by atoms with E-state index in [1.165, 1.54) is 0 Å². The molecule has 0 spiro atoms. The molecule has 1 unspecified atom stereocenters. The highest BCUT2D eigenvalue weighted by molar-refractivity contribution is 5.81. The highest BCUT2D eigenvalue weighted by atomic mass is 16.1. The average molecular weight is 274 g/mol. The van der Waals surface area contributed by atoms with Crippen molar-refractivity contribution in [2.45, 2.75) is 33.7 Å². The monoisotopic (exact) mass is 274 g/mol. The molecule has 1 atom stereocenters. The molecule has 5 heteroatoms. The highest BCUT2D eigenvalue weighted by Gasteiger charge is 2.25. The Morgan fingerprint density at radius 2 is 2.00 bits per heavy atom. The van der Waals surface area contributed by atoms with E-state index < -0.39 is 0 Å². The van der Waals surface area contributed by atoms with Gasteiger partial charge in [-0.05, 0) is 30.5 Å². The second-order valence-electron chi connectivity index (χ2n) is 6.32. The number of nitrogens with one attached hydrogen (secondary N) is 1. The zero-order valence-electron chi connectivity index (χ0n) is 12.7. The molecule has 0 amide bonds. The SMILES string of the molecule is CC(N(C)c1nc2ccc(N)cc2c(=O)[nH]1)C(C)(C)C. The largest absolute Gasteiger partial charge is 0.399 e. The summed E-state index contributed by atoms with van der Waals surface area (Å²) in [5.74, 6) is 0.578. The first-order valence-electron chi connectivity index (χ1n) is 6.72. The van der Waals surface area contributed by atoms with Crippen LogP contribution in [0.25, 0.3) is 10.9 Å². The molecule has 0 aliphatic heterocycles. The highest BCUT2D eigenvalue weighted by Crippen LogP contribution is 2.25. The van der Waals surface area contributed by atoms with Crippen molar-refractivity contribution in [1.29, 1.82) is 0 Å². The number of hydrogen-bond donors (Lipinski definition) is 2. The predicted molar refractivity (Wildman–Crippen MR) is 84.1 cm³/mol. The quantitative estimate of drug-likeness (QED) is 0.824. The number of nitrogen functional groups attached to an aromatic ring is 1. The van der Waals surface area contributed by atoms with Gasteiger partial charge in [-0.25, -0.2) is 4.98 Å². The van der Waals surface area contributed by atoms with Crippen molar-refractivity contribution >= 4 is 22.5 Å². The summed E-state index contributed by atoms with van der Waals surface area (Å²) in [6.07, 6.45) is 0. The van der Waals surface area contributed by atoms with Crippen LogP contribution in [0.3, 0.4) is 0 Å². The van der Waals surface area contributed by atoms with Crippen molar-refractivity contribution in [3.05, 3.63) is 28.6 Å². The number of hydrogen-bond acceptors (Lipinski definition) is 4. The van der Waals surface area contributed by atoms with Gasteiger partial charge < -0.3 is 10.6 Å². The summed E-state index contributed by atoms with van der Waals surface area (Å²) in [5, 5.41) is 0.519. The number of fused-ring (bicyclic) bond motifs is 1. The minimum atomic E-state index is -0.162. The smallest absolute Gasteiger partial charge is 0.260 e. The number of H-pyrrole nitrogens is 1. The Bertz CT molecular complexity index is 684. The van der Waals surface area contributed by atoms with Crippen LogP contribution in [0.5, 0.6) is 0 Å². The Kier molecular flexibility index (Phi) is 3.46. The first-order chi connectivity index (χ1) is 9.20. The Morgan fingerprint density at radius 1 is 1.35 bits per heavy atom. The molecule has 1 aromatic carbocycles. The first kappa shape index (κ1) is 14.4. The summed E-state index contributed by atoms with van der Waals surface area (Å²) in [5.41, 5.74) is 6.85. The Hall–Kier alpha value is -2.04. The molecule has 0 aliphatic carbocycles. The van der Waals surface area contributed by atoms with E-state index in [1.807, 2.05) is 11.9 Å². The van der Waals surface area contributed by atoms with Gasteiger partial charge in [0.05, 0.1) is 10.9 Å². The lowest BCUT2D eigenvalue weighted by atomic mass is 9.87. The van der Waals surface area contributed by atoms with E-state index >= 15 is 0 Å². The third kappa shape index (κ3) is 2.61. The van der Waals surface area contributed by atoms with Crippen molar-refractivity contribution in [3.8, 4) is 0 Å². The maximum absolute atomic E-state index is 12.2. The molecule has 20 heavy (non-hydrogen) atoms. The molecule has 2 rings (SSSR count). The van der Waals surface area contributed by atoms with E-state index in [4.69, 9.17) is 5.73 Å². The van der Waals surface area contributed by atoms with Crippen LogP contribution in [-0.2, 0) is 0 Å². The molecule has 0 aliphatic rings. The normalized spacial score (nSPS) is 13.4. The molecule has 0 bridgehead atoms. The molecule has 0 saturated carbocycles. The molecule has 0 radical (unpaired) electrons. The zero-order chi connectivity index (χ0) is 15.1. The topological polar surface area (TPSA) is 75.0 Å². The lowest BCUT2D eigenvalue weighted by Crippen LogP contribution is -2.41. The van der Waals surface area contributed by atoms with Gasteiger partial charge in [-0.3, -0.25) is 9.78 Å². The van der Waals surface area contributed by atoms with Crippen LogP contribution < -0.4 is 16.2 Å².